The molecule has 0 aromatic carbocycles. The predicted octanol–water partition coefficient (Wildman–Crippen LogP) is 0.526. The van der Waals surface area contributed by atoms with E-state index in [4.69, 9.17) is 14.9 Å². The van der Waals surface area contributed by atoms with Gasteiger partial charge in [-0.25, -0.2) is 4.79 Å². The maximum absolute atomic E-state index is 12.1. The third-order valence-electron chi connectivity index (χ3n) is 3.44. The van der Waals surface area contributed by atoms with Gasteiger partial charge in [-0.1, -0.05) is 13.8 Å². The zero-order chi connectivity index (χ0) is 15.8. The lowest BCUT2D eigenvalue weighted by Crippen LogP contribution is -2.51. The number of carboxylic acid groups (broad SMARTS) is 1. The molecule has 1 aliphatic heterocycles. The van der Waals surface area contributed by atoms with Crippen molar-refractivity contribution in [3.8, 4) is 0 Å². The van der Waals surface area contributed by atoms with Crippen molar-refractivity contribution < 1.29 is 24.5 Å². The molecule has 0 aliphatic carbocycles. The lowest BCUT2D eigenvalue weighted by Gasteiger charge is -2.32. The van der Waals surface area contributed by atoms with Gasteiger partial charge in [0.25, 0.3) is 0 Å². The quantitative estimate of drug-likeness (QED) is 0.637. The first kappa shape index (κ1) is 17.7. The highest BCUT2D eigenvalue weighted by Gasteiger charge is 2.24. The maximum Gasteiger partial charge on any atom is 0.317 e. The molecule has 0 saturated carbocycles. The monoisotopic (exact) mass is 302 g/mol. The minimum Gasteiger partial charge on any atom is -0.481 e. The van der Waals surface area contributed by atoms with Gasteiger partial charge < -0.3 is 25.2 Å². The van der Waals surface area contributed by atoms with Crippen LogP contribution in [0, 0.1) is 11.8 Å². The third-order valence-corrected chi connectivity index (χ3v) is 3.44. The molecule has 1 rings (SSSR count). The number of morpholine rings is 1. The summed E-state index contributed by atoms with van der Waals surface area (Å²) in [5, 5.41) is 20.8. The van der Waals surface area contributed by atoms with E-state index in [0.717, 1.165) is 6.42 Å². The molecule has 1 fully saturated rings. The highest BCUT2D eigenvalue weighted by Crippen LogP contribution is 2.15. The van der Waals surface area contributed by atoms with Crippen LogP contribution in [-0.4, -0.2) is 66.1 Å². The van der Waals surface area contributed by atoms with Crippen molar-refractivity contribution in [3.63, 3.8) is 0 Å². The van der Waals surface area contributed by atoms with Gasteiger partial charge in [-0.05, 0) is 18.3 Å². The van der Waals surface area contributed by atoms with Crippen LogP contribution < -0.4 is 5.32 Å². The normalized spacial score (nSPS) is 20.4. The standard InChI is InChI=1S/C14H26N2O5/c1-10(2)5-11(6-13(18)19)7-15-14(20)16-3-4-21-12(8-16)9-17/h10-12,17H,3-9H2,1-2H3,(H,15,20)(H,18,19)/t11-,12?/m0/s1. The Bertz CT molecular complexity index is 348. The number of carbonyl (C=O) groups excluding carboxylic acids is 1. The topological polar surface area (TPSA) is 99.1 Å². The van der Waals surface area contributed by atoms with Crippen LogP contribution in [0.5, 0.6) is 0 Å². The second kappa shape index (κ2) is 8.84. The molecule has 3 N–H and O–H groups in total. The average molecular weight is 302 g/mol. The van der Waals surface area contributed by atoms with E-state index < -0.39 is 5.97 Å². The molecule has 1 heterocycles. The molecule has 1 aliphatic rings. The Balaban J connectivity index is 2.42. The van der Waals surface area contributed by atoms with Gasteiger partial charge in [-0.15, -0.1) is 0 Å². The van der Waals surface area contributed by atoms with E-state index in [2.05, 4.69) is 5.32 Å². The summed E-state index contributed by atoms with van der Waals surface area (Å²) >= 11 is 0. The van der Waals surface area contributed by atoms with Crippen LogP contribution in [0.15, 0.2) is 0 Å². The van der Waals surface area contributed by atoms with Gasteiger partial charge >= 0.3 is 12.0 Å². The summed E-state index contributed by atoms with van der Waals surface area (Å²) in [5.41, 5.74) is 0. The molecule has 0 radical (unpaired) electrons. The lowest BCUT2D eigenvalue weighted by atomic mass is 9.94. The van der Waals surface area contributed by atoms with Crippen molar-refractivity contribution in [1.82, 2.24) is 10.2 Å². The van der Waals surface area contributed by atoms with E-state index >= 15 is 0 Å². The van der Waals surface area contributed by atoms with E-state index in [-0.39, 0.29) is 31.1 Å². The van der Waals surface area contributed by atoms with Crippen LogP contribution in [0.2, 0.25) is 0 Å². The van der Waals surface area contributed by atoms with Crippen LogP contribution in [0.1, 0.15) is 26.7 Å². The molecule has 0 spiro atoms. The van der Waals surface area contributed by atoms with E-state index in [9.17, 15) is 9.59 Å². The number of aliphatic hydroxyl groups excluding tert-OH is 1. The molecule has 0 aromatic heterocycles. The molecule has 2 atom stereocenters. The van der Waals surface area contributed by atoms with Crippen LogP contribution in [0.4, 0.5) is 4.79 Å². The summed E-state index contributed by atoms with van der Waals surface area (Å²) in [4.78, 5) is 24.5. The van der Waals surface area contributed by atoms with E-state index in [0.29, 0.717) is 32.2 Å². The number of amides is 2. The van der Waals surface area contributed by atoms with E-state index in [1.807, 2.05) is 13.8 Å². The number of aliphatic carboxylic acids is 1. The van der Waals surface area contributed by atoms with Gasteiger partial charge in [0.2, 0.25) is 0 Å². The largest absolute Gasteiger partial charge is 0.481 e. The van der Waals surface area contributed by atoms with E-state index in [1.54, 1.807) is 4.90 Å². The highest BCUT2D eigenvalue weighted by molar-refractivity contribution is 5.74. The average Bonchev–Trinajstić information content (AvgIpc) is 2.43. The number of carboxylic acids is 1. The van der Waals surface area contributed by atoms with Gasteiger partial charge in [0.1, 0.15) is 0 Å². The first-order chi connectivity index (χ1) is 9.92. The number of hydrogen-bond donors (Lipinski definition) is 3. The molecule has 1 unspecified atom stereocenters. The molecular weight excluding hydrogens is 276 g/mol. The van der Waals surface area contributed by atoms with Gasteiger partial charge in [0.05, 0.1) is 25.9 Å². The lowest BCUT2D eigenvalue weighted by molar-refractivity contribution is -0.138. The SMILES string of the molecule is CC(C)C[C@H](CNC(=O)N1CCOC(CO)C1)CC(=O)O. The molecule has 7 nitrogen and oxygen atoms in total. The van der Waals surface area contributed by atoms with Gasteiger partial charge in [-0.2, -0.15) is 0 Å². The van der Waals surface area contributed by atoms with Crippen molar-refractivity contribution >= 4 is 12.0 Å². The molecule has 0 aromatic rings. The second-order valence-electron chi connectivity index (χ2n) is 5.90. The fourth-order valence-electron chi connectivity index (χ4n) is 2.51. The Kier molecular flexibility index (Phi) is 7.45. The Labute approximate surface area is 125 Å². The van der Waals surface area contributed by atoms with Crippen LogP contribution in [0.25, 0.3) is 0 Å². The molecule has 1 saturated heterocycles. The summed E-state index contributed by atoms with van der Waals surface area (Å²) < 4.78 is 5.29. The van der Waals surface area contributed by atoms with Crippen LogP contribution >= 0.6 is 0 Å². The Morgan fingerprint density at radius 1 is 1.43 bits per heavy atom. The minimum absolute atomic E-state index is 0.0564. The number of nitrogens with zero attached hydrogens (tertiary/aromatic N) is 1. The number of nitrogens with one attached hydrogen (secondary N) is 1. The van der Waals surface area contributed by atoms with E-state index in [1.165, 1.54) is 0 Å². The summed E-state index contributed by atoms with van der Waals surface area (Å²) in [6.07, 6.45) is 0.477. The molecule has 7 heteroatoms. The Morgan fingerprint density at radius 2 is 2.14 bits per heavy atom. The number of ether oxygens (including phenoxy) is 1. The summed E-state index contributed by atoms with van der Waals surface area (Å²) in [7, 11) is 0. The van der Waals surface area contributed by atoms with Crippen molar-refractivity contribution in [1.29, 1.82) is 0 Å². The number of urea groups is 1. The Hall–Kier alpha value is -1.34. The Morgan fingerprint density at radius 3 is 2.71 bits per heavy atom. The number of rotatable bonds is 7. The van der Waals surface area contributed by atoms with Crippen molar-refractivity contribution in [2.45, 2.75) is 32.8 Å². The summed E-state index contributed by atoms with van der Waals surface area (Å²) in [5.74, 6) is -0.531. The summed E-state index contributed by atoms with van der Waals surface area (Å²) in [6.45, 7) is 5.55. The number of carbonyl (C=O) groups is 2. The van der Waals surface area contributed by atoms with Gasteiger partial charge in [0.15, 0.2) is 0 Å². The predicted molar refractivity (Wildman–Crippen MR) is 77.0 cm³/mol. The van der Waals surface area contributed by atoms with Gasteiger partial charge in [-0.3, -0.25) is 4.79 Å². The van der Waals surface area contributed by atoms with Gasteiger partial charge in [0, 0.05) is 19.5 Å². The number of hydrogen-bond acceptors (Lipinski definition) is 4. The smallest absolute Gasteiger partial charge is 0.317 e. The maximum atomic E-state index is 12.1. The van der Waals surface area contributed by atoms with Crippen LogP contribution in [-0.2, 0) is 9.53 Å². The molecule has 2 amide bonds. The van der Waals surface area contributed by atoms with Crippen molar-refractivity contribution in [2.24, 2.45) is 11.8 Å². The third kappa shape index (κ3) is 6.77. The first-order valence-corrected chi connectivity index (χ1v) is 7.39. The fraction of sp³-hybridized carbons (Fsp3) is 0.857. The van der Waals surface area contributed by atoms with Crippen LogP contribution in [0.3, 0.4) is 0 Å². The summed E-state index contributed by atoms with van der Waals surface area (Å²) in [6, 6.07) is -0.226. The minimum atomic E-state index is -0.846. The molecular formula is C14H26N2O5. The molecule has 21 heavy (non-hydrogen) atoms. The number of aliphatic hydroxyl groups is 1. The zero-order valence-corrected chi connectivity index (χ0v) is 12.7. The van der Waals surface area contributed by atoms with Crippen molar-refractivity contribution in [2.75, 3.05) is 32.8 Å². The first-order valence-electron chi connectivity index (χ1n) is 7.39. The second-order valence-corrected chi connectivity index (χ2v) is 5.90. The molecule has 0 bridgehead atoms. The highest BCUT2D eigenvalue weighted by atomic mass is 16.5. The molecule has 122 valence electrons. The van der Waals surface area contributed by atoms with Crippen molar-refractivity contribution in [3.05, 3.63) is 0 Å². The fourth-order valence-corrected chi connectivity index (χ4v) is 2.51. The zero-order valence-electron chi connectivity index (χ0n) is 12.7.